The normalized spacial score (nSPS) is 17.1. The molecule has 0 fully saturated rings. The maximum atomic E-state index is 12.6. The lowest BCUT2D eigenvalue weighted by molar-refractivity contribution is 0.466. The predicted octanol–water partition coefficient (Wildman–Crippen LogP) is 1.93. The van der Waals surface area contributed by atoms with Crippen molar-refractivity contribution in [2.45, 2.75) is 19.4 Å². The fraction of sp³-hybridized carbons (Fsp3) is 0.200. The molecule has 1 atom stereocenters. The lowest BCUT2D eigenvalue weighted by atomic mass is 10.1. The van der Waals surface area contributed by atoms with Gasteiger partial charge in [0, 0.05) is 11.4 Å². The zero-order valence-corrected chi connectivity index (χ0v) is 10.7. The molecule has 5 nitrogen and oxygen atoms in total. The van der Waals surface area contributed by atoms with Gasteiger partial charge in [0.2, 0.25) is 0 Å². The van der Waals surface area contributed by atoms with Gasteiger partial charge < -0.3 is 14.1 Å². The Labute approximate surface area is 112 Å². The van der Waals surface area contributed by atoms with E-state index in [1.165, 1.54) is 0 Å². The molecule has 0 amide bonds. The molecular weight excluding hydrogens is 258 g/mol. The summed E-state index contributed by atoms with van der Waals surface area (Å²) in [5.41, 5.74) is 1.05. The summed E-state index contributed by atoms with van der Waals surface area (Å²) in [4.78, 5) is 24.1. The van der Waals surface area contributed by atoms with Crippen molar-refractivity contribution in [1.29, 1.82) is 0 Å². The summed E-state index contributed by atoms with van der Waals surface area (Å²) in [7, 11) is 0. The van der Waals surface area contributed by atoms with Gasteiger partial charge in [0.15, 0.2) is 5.58 Å². The Bertz CT molecular complexity index is 997. The smallest absolute Gasteiger partial charge is 0.339 e. The molecule has 0 aliphatic carbocycles. The third kappa shape index (κ3) is 1.22. The second kappa shape index (κ2) is 3.50. The molecule has 20 heavy (non-hydrogen) atoms. The van der Waals surface area contributed by atoms with Crippen LogP contribution in [0.1, 0.15) is 18.5 Å². The fourth-order valence-electron chi connectivity index (χ4n) is 3.15. The molecule has 1 aromatic carbocycles. The minimum absolute atomic E-state index is 0.0260. The molecule has 5 heteroatoms. The first-order valence-corrected chi connectivity index (χ1v) is 6.41. The van der Waals surface area contributed by atoms with Crippen molar-refractivity contribution in [3.05, 3.63) is 50.6 Å². The number of aromatic nitrogens is 1. The van der Waals surface area contributed by atoms with E-state index in [2.05, 4.69) is 0 Å². The SMILES string of the molecule is C[C@H]1Cc2cccc3c4oc(=O)cc(O)c4c(=O)n1c23. The minimum Gasteiger partial charge on any atom is -0.507 e. The van der Waals surface area contributed by atoms with Crippen LogP contribution in [0.5, 0.6) is 5.75 Å². The van der Waals surface area contributed by atoms with Gasteiger partial charge in [-0.05, 0) is 25.0 Å². The lowest BCUT2D eigenvalue weighted by Crippen LogP contribution is -2.21. The number of para-hydroxylation sites is 1. The van der Waals surface area contributed by atoms with Crippen LogP contribution in [0.15, 0.2) is 38.3 Å². The summed E-state index contributed by atoms with van der Waals surface area (Å²) in [5.74, 6) is -0.323. The Balaban J connectivity index is 2.43. The zero-order chi connectivity index (χ0) is 14.0. The van der Waals surface area contributed by atoms with Crippen molar-refractivity contribution < 1.29 is 9.52 Å². The number of fused-ring (bicyclic) bond motifs is 2. The lowest BCUT2D eigenvalue weighted by Gasteiger charge is -2.11. The van der Waals surface area contributed by atoms with Crippen LogP contribution < -0.4 is 11.2 Å². The maximum Gasteiger partial charge on any atom is 0.339 e. The van der Waals surface area contributed by atoms with Gasteiger partial charge in [-0.15, -0.1) is 0 Å². The van der Waals surface area contributed by atoms with E-state index in [1.807, 2.05) is 19.1 Å². The first-order chi connectivity index (χ1) is 9.58. The average molecular weight is 269 g/mol. The van der Waals surface area contributed by atoms with Crippen molar-refractivity contribution in [3.8, 4) is 5.75 Å². The Morgan fingerprint density at radius 1 is 1.35 bits per heavy atom. The number of pyridine rings is 1. The highest BCUT2D eigenvalue weighted by atomic mass is 16.4. The molecule has 0 saturated heterocycles. The van der Waals surface area contributed by atoms with Gasteiger partial charge in [0.05, 0.1) is 11.6 Å². The number of aromatic hydroxyl groups is 1. The van der Waals surface area contributed by atoms with E-state index < -0.39 is 5.63 Å². The highest BCUT2D eigenvalue weighted by Gasteiger charge is 2.26. The first-order valence-electron chi connectivity index (χ1n) is 6.41. The van der Waals surface area contributed by atoms with Crippen LogP contribution >= 0.6 is 0 Å². The molecule has 3 aromatic rings. The Morgan fingerprint density at radius 2 is 2.15 bits per heavy atom. The molecule has 3 heterocycles. The molecule has 2 aromatic heterocycles. The summed E-state index contributed by atoms with van der Waals surface area (Å²) in [5, 5.41) is 10.7. The van der Waals surface area contributed by atoms with Gasteiger partial charge in [-0.25, -0.2) is 4.79 Å². The molecular formula is C15H11NO4. The number of hydrogen-bond acceptors (Lipinski definition) is 4. The summed E-state index contributed by atoms with van der Waals surface area (Å²) in [6.07, 6.45) is 0.758. The number of benzene rings is 1. The fourth-order valence-corrected chi connectivity index (χ4v) is 3.15. The van der Waals surface area contributed by atoms with Crippen LogP contribution in [-0.2, 0) is 6.42 Å². The standard InChI is InChI=1S/C15H11NO4/c1-7-5-8-3-2-4-9-13(8)16(7)15(19)12-10(17)6-11(18)20-14(9)12/h2-4,6-7,17H,5H2,1H3/t7-/m0/s1. The number of nitrogens with zero attached hydrogens (tertiary/aromatic N) is 1. The monoisotopic (exact) mass is 269 g/mol. The molecule has 0 spiro atoms. The Hall–Kier alpha value is -2.56. The number of rotatable bonds is 0. The van der Waals surface area contributed by atoms with Gasteiger partial charge in [-0.2, -0.15) is 0 Å². The molecule has 100 valence electrons. The van der Waals surface area contributed by atoms with Crippen molar-refractivity contribution in [1.82, 2.24) is 4.57 Å². The minimum atomic E-state index is -0.661. The highest BCUT2D eigenvalue weighted by Crippen LogP contribution is 2.35. The summed E-state index contributed by atoms with van der Waals surface area (Å²) in [6, 6.07) is 6.60. The van der Waals surface area contributed by atoms with Crippen molar-refractivity contribution in [2.24, 2.45) is 0 Å². The van der Waals surface area contributed by atoms with Crippen molar-refractivity contribution in [2.75, 3.05) is 0 Å². The van der Waals surface area contributed by atoms with Crippen LogP contribution in [0.25, 0.3) is 21.9 Å². The van der Waals surface area contributed by atoms with E-state index in [4.69, 9.17) is 4.42 Å². The van der Waals surface area contributed by atoms with Gasteiger partial charge >= 0.3 is 5.63 Å². The van der Waals surface area contributed by atoms with Crippen LogP contribution in [0.4, 0.5) is 0 Å². The van der Waals surface area contributed by atoms with E-state index in [1.54, 1.807) is 10.6 Å². The van der Waals surface area contributed by atoms with E-state index in [-0.39, 0.29) is 28.3 Å². The number of hydrogen-bond donors (Lipinski definition) is 1. The Kier molecular flexibility index (Phi) is 1.98. The van der Waals surface area contributed by atoms with Crippen LogP contribution in [0, 0.1) is 0 Å². The quantitative estimate of drug-likeness (QED) is 0.633. The molecule has 0 radical (unpaired) electrons. The van der Waals surface area contributed by atoms with Crippen molar-refractivity contribution >= 4 is 21.9 Å². The van der Waals surface area contributed by atoms with Gasteiger partial charge in [0.1, 0.15) is 11.1 Å². The average Bonchev–Trinajstić information content (AvgIpc) is 2.72. The molecule has 0 bridgehead atoms. The van der Waals surface area contributed by atoms with E-state index in [0.717, 1.165) is 23.6 Å². The van der Waals surface area contributed by atoms with Gasteiger partial charge in [-0.1, -0.05) is 12.1 Å². The summed E-state index contributed by atoms with van der Waals surface area (Å²) < 4.78 is 6.85. The zero-order valence-electron chi connectivity index (χ0n) is 10.7. The van der Waals surface area contributed by atoms with E-state index in [0.29, 0.717) is 5.39 Å². The molecule has 4 rings (SSSR count). The third-order valence-corrected chi connectivity index (χ3v) is 3.93. The maximum absolute atomic E-state index is 12.6. The Morgan fingerprint density at radius 3 is 2.95 bits per heavy atom. The second-order valence-corrected chi connectivity index (χ2v) is 5.20. The van der Waals surface area contributed by atoms with Gasteiger partial charge in [-0.3, -0.25) is 4.79 Å². The first kappa shape index (κ1) is 11.3. The van der Waals surface area contributed by atoms with E-state index in [9.17, 15) is 14.7 Å². The van der Waals surface area contributed by atoms with Gasteiger partial charge in [0.25, 0.3) is 5.56 Å². The van der Waals surface area contributed by atoms with Crippen LogP contribution in [0.3, 0.4) is 0 Å². The van der Waals surface area contributed by atoms with Crippen LogP contribution in [-0.4, -0.2) is 9.67 Å². The summed E-state index contributed by atoms with van der Waals surface area (Å²) in [6.45, 7) is 1.96. The molecule has 0 unspecified atom stereocenters. The third-order valence-electron chi connectivity index (χ3n) is 3.93. The van der Waals surface area contributed by atoms with E-state index >= 15 is 0 Å². The second-order valence-electron chi connectivity index (χ2n) is 5.20. The largest absolute Gasteiger partial charge is 0.507 e. The van der Waals surface area contributed by atoms with Crippen molar-refractivity contribution in [3.63, 3.8) is 0 Å². The molecule has 1 aliphatic rings. The molecule has 1 N–H and O–H groups in total. The van der Waals surface area contributed by atoms with Crippen LogP contribution in [0.2, 0.25) is 0 Å². The predicted molar refractivity (Wildman–Crippen MR) is 74.3 cm³/mol. The summed E-state index contributed by atoms with van der Waals surface area (Å²) >= 11 is 0. The topological polar surface area (TPSA) is 72.4 Å². The highest BCUT2D eigenvalue weighted by molar-refractivity contribution is 6.05. The molecule has 1 aliphatic heterocycles. The molecule has 0 saturated carbocycles.